The molecule has 0 radical (unpaired) electrons. The van der Waals surface area contributed by atoms with Crippen molar-refractivity contribution in [2.75, 3.05) is 0 Å². The molecule has 0 saturated carbocycles. The summed E-state index contributed by atoms with van der Waals surface area (Å²) in [6.45, 7) is 1.52. The smallest absolute Gasteiger partial charge is 0.160 e. The maximum atomic E-state index is 11.0. The first-order chi connectivity index (χ1) is 5.54. The van der Waals surface area contributed by atoms with Crippen LogP contribution in [0.3, 0.4) is 0 Å². The summed E-state index contributed by atoms with van der Waals surface area (Å²) in [5, 5.41) is 9.28. The molecular weight excluding hydrogens is 382 g/mol. The van der Waals surface area contributed by atoms with E-state index in [0.29, 0.717) is 5.56 Å². The molecule has 0 fully saturated rings. The number of ketones is 1. The highest BCUT2D eigenvalue weighted by Gasteiger charge is 2.10. The fourth-order valence-electron chi connectivity index (χ4n) is 0.811. The van der Waals surface area contributed by atoms with Crippen LogP contribution < -0.4 is 0 Å². The van der Waals surface area contributed by atoms with Gasteiger partial charge in [0.25, 0.3) is 0 Å². The highest BCUT2D eigenvalue weighted by Crippen LogP contribution is 2.27. The first kappa shape index (κ1) is 10.2. The molecule has 0 aromatic heterocycles. The molecule has 0 spiro atoms. The van der Waals surface area contributed by atoms with E-state index in [1.54, 1.807) is 12.1 Å². The normalized spacial score (nSPS) is 9.92. The van der Waals surface area contributed by atoms with Crippen LogP contribution in [0.2, 0.25) is 0 Å². The second kappa shape index (κ2) is 3.91. The average Bonchev–Trinajstić information content (AvgIpc) is 2.00. The molecule has 0 unspecified atom stereocenters. The number of phenolic OH excluding ortho intramolecular Hbond substituents is 1. The lowest BCUT2D eigenvalue weighted by Crippen LogP contribution is -1.97. The number of halogens is 2. The summed E-state index contributed by atoms with van der Waals surface area (Å²) in [5.74, 6) is 0.252. The molecule has 1 aromatic rings. The summed E-state index contributed by atoms with van der Waals surface area (Å²) in [5.41, 5.74) is 0.665. The molecule has 0 aliphatic rings. The highest BCUT2D eigenvalue weighted by molar-refractivity contribution is 14.1. The summed E-state index contributed by atoms with van der Waals surface area (Å²) in [6.07, 6.45) is 0. The minimum Gasteiger partial charge on any atom is -0.507 e. The molecule has 1 rings (SSSR count). The Hall–Kier alpha value is 0.150. The van der Waals surface area contributed by atoms with Crippen LogP contribution in [-0.2, 0) is 0 Å². The lowest BCUT2D eigenvalue weighted by atomic mass is 10.1. The summed E-state index contributed by atoms with van der Waals surface area (Å²) in [4.78, 5) is 11.0. The predicted molar refractivity (Wildman–Crippen MR) is 63.5 cm³/mol. The Kier molecular flexibility index (Phi) is 3.33. The van der Waals surface area contributed by atoms with Gasteiger partial charge in [-0.05, 0) is 64.2 Å². The number of aromatic hydroxyl groups is 1. The zero-order valence-electron chi connectivity index (χ0n) is 6.27. The Morgan fingerprint density at radius 1 is 1.33 bits per heavy atom. The summed E-state index contributed by atoms with van der Waals surface area (Å²) in [6, 6.07) is 3.18. The van der Waals surface area contributed by atoms with Crippen molar-refractivity contribution in [3.05, 3.63) is 24.8 Å². The van der Waals surface area contributed by atoms with Crippen LogP contribution in [0.4, 0.5) is 0 Å². The fraction of sp³-hybridized carbons (Fsp3) is 0.125. The van der Waals surface area contributed by atoms with Gasteiger partial charge < -0.3 is 5.11 Å². The lowest BCUT2D eigenvalue weighted by molar-refractivity contribution is 0.101. The molecule has 0 atom stereocenters. The van der Waals surface area contributed by atoms with E-state index in [-0.39, 0.29) is 11.5 Å². The Balaban J connectivity index is 3.36. The van der Waals surface area contributed by atoms with Gasteiger partial charge in [0.15, 0.2) is 5.78 Å². The molecule has 0 saturated heterocycles. The number of phenols is 1. The summed E-state index contributed by atoms with van der Waals surface area (Å²) >= 11 is 4.08. The van der Waals surface area contributed by atoms with Crippen LogP contribution in [0.25, 0.3) is 0 Å². The van der Waals surface area contributed by atoms with E-state index in [9.17, 15) is 9.90 Å². The first-order valence-corrected chi connectivity index (χ1v) is 5.37. The van der Waals surface area contributed by atoms with Crippen LogP contribution in [0.15, 0.2) is 12.1 Å². The van der Waals surface area contributed by atoms with Crippen LogP contribution in [0.5, 0.6) is 5.75 Å². The van der Waals surface area contributed by atoms with Gasteiger partial charge in [0, 0.05) is 9.13 Å². The number of Topliss-reactive ketones (excluding diaryl/α,β-unsaturated/α-hetero) is 1. The van der Waals surface area contributed by atoms with Gasteiger partial charge in [-0.1, -0.05) is 0 Å². The molecule has 0 heterocycles. The lowest BCUT2D eigenvalue weighted by Gasteiger charge is -2.03. The van der Waals surface area contributed by atoms with Crippen LogP contribution in [0.1, 0.15) is 17.3 Å². The molecule has 0 aliphatic heterocycles. The molecule has 0 amide bonds. The quantitative estimate of drug-likeness (QED) is 0.594. The van der Waals surface area contributed by atoms with Crippen LogP contribution >= 0.6 is 45.2 Å². The monoisotopic (exact) mass is 388 g/mol. The maximum absolute atomic E-state index is 11.0. The number of hydrogen-bond acceptors (Lipinski definition) is 2. The van der Waals surface area contributed by atoms with Gasteiger partial charge >= 0.3 is 0 Å². The Morgan fingerprint density at radius 2 is 1.92 bits per heavy atom. The van der Waals surface area contributed by atoms with Crippen molar-refractivity contribution in [1.29, 1.82) is 0 Å². The minimum absolute atomic E-state index is 0.0253. The number of carbonyl (C=O) groups excluding carboxylic acids is 1. The van der Waals surface area contributed by atoms with Crippen molar-refractivity contribution >= 4 is 51.0 Å². The zero-order valence-corrected chi connectivity index (χ0v) is 10.6. The van der Waals surface area contributed by atoms with E-state index in [2.05, 4.69) is 22.6 Å². The molecule has 4 heteroatoms. The van der Waals surface area contributed by atoms with Crippen molar-refractivity contribution in [3.63, 3.8) is 0 Å². The number of carbonyl (C=O) groups is 1. The van der Waals surface area contributed by atoms with Crippen molar-refractivity contribution in [1.82, 2.24) is 0 Å². The average molecular weight is 388 g/mol. The van der Waals surface area contributed by atoms with E-state index in [0.717, 1.165) is 7.14 Å². The van der Waals surface area contributed by atoms with Crippen LogP contribution in [-0.4, -0.2) is 10.9 Å². The van der Waals surface area contributed by atoms with Gasteiger partial charge in [-0.3, -0.25) is 4.79 Å². The van der Waals surface area contributed by atoms with E-state index >= 15 is 0 Å². The van der Waals surface area contributed by atoms with Crippen molar-refractivity contribution in [2.24, 2.45) is 0 Å². The Bertz CT molecular complexity index is 334. The van der Waals surface area contributed by atoms with Gasteiger partial charge in [-0.2, -0.15) is 0 Å². The van der Waals surface area contributed by atoms with E-state index in [4.69, 9.17) is 0 Å². The van der Waals surface area contributed by atoms with Crippen molar-refractivity contribution in [2.45, 2.75) is 6.92 Å². The molecule has 2 nitrogen and oxygen atoms in total. The third kappa shape index (κ3) is 1.90. The first-order valence-electron chi connectivity index (χ1n) is 3.22. The summed E-state index contributed by atoms with van der Waals surface area (Å²) < 4.78 is 1.56. The largest absolute Gasteiger partial charge is 0.507 e. The third-order valence-electron chi connectivity index (χ3n) is 1.44. The van der Waals surface area contributed by atoms with Crippen molar-refractivity contribution in [3.8, 4) is 5.75 Å². The maximum Gasteiger partial charge on any atom is 0.160 e. The molecular formula is C8H6I2O2. The highest BCUT2D eigenvalue weighted by atomic mass is 127. The van der Waals surface area contributed by atoms with Gasteiger partial charge in [0.05, 0.1) is 3.57 Å². The molecule has 1 N–H and O–H groups in total. The fourth-order valence-corrected chi connectivity index (χ4v) is 2.12. The number of benzene rings is 1. The Labute approximate surface area is 97.6 Å². The van der Waals surface area contributed by atoms with E-state index in [1.165, 1.54) is 6.92 Å². The predicted octanol–water partition coefficient (Wildman–Crippen LogP) is 2.80. The SMILES string of the molecule is CC(=O)c1ccc(O)c(I)c1I. The van der Waals surface area contributed by atoms with Crippen molar-refractivity contribution < 1.29 is 9.90 Å². The second-order valence-corrected chi connectivity index (χ2v) is 4.47. The molecule has 12 heavy (non-hydrogen) atoms. The standard InChI is InChI=1S/C8H6I2O2/c1-4(11)5-2-3-6(12)8(10)7(5)9/h2-3,12H,1H3. The molecule has 0 bridgehead atoms. The Morgan fingerprint density at radius 3 is 2.42 bits per heavy atom. The number of rotatable bonds is 1. The topological polar surface area (TPSA) is 37.3 Å². The van der Waals surface area contributed by atoms with E-state index < -0.39 is 0 Å². The van der Waals surface area contributed by atoms with Gasteiger partial charge in [0.1, 0.15) is 5.75 Å². The second-order valence-electron chi connectivity index (χ2n) is 2.32. The summed E-state index contributed by atoms with van der Waals surface area (Å²) in [7, 11) is 0. The molecule has 64 valence electrons. The number of hydrogen-bond donors (Lipinski definition) is 1. The van der Waals surface area contributed by atoms with E-state index in [1.807, 2.05) is 22.6 Å². The zero-order chi connectivity index (χ0) is 9.30. The minimum atomic E-state index is 0.0253. The third-order valence-corrected chi connectivity index (χ3v) is 4.69. The molecule has 1 aromatic carbocycles. The van der Waals surface area contributed by atoms with Gasteiger partial charge in [-0.15, -0.1) is 0 Å². The molecule has 0 aliphatic carbocycles. The van der Waals surface area contributed by atoms with Crippen LogP contribution in [0, 0.1) is 7.14 Å². The van der Waals surface area contributed by atoms with Gasteiger partial charge in [0.2, 0.25) is 0 Å². The van der Waals surface area contributed by atoms with Gasteiger partial charge in [-0.25, -0.2) is 0 Å².